The predicted octanol–water partition coefficient (Wildman–Crippen LogP) is 2.56. The highest BCUT2D eigenvalue weighted by Gasteiger charge is 2.28. The van der Waals surface area contributed by atoms with Gasteiger partial charge in [-0.15, -0.1) is 0 Å². The summed E-state index contributed by atoms with van der Waals surface area (Å²) >= 11 is 0. The summed E-state index contributed by atoms with van der Waals surface area (Å²) in [5.74, 6) is 0.541. The van der Waals surface area contributed by atoms with E-state index in [9.17, 15) is 4.79 Å². The lowest BCUT2D eigenvalue weighted by Crippen LogP contribution is -2.51. The molecule has 1 aromatic rings. The maximum absolute atomic E-state index is 12.3. The Kier molecular flexibility index (Phi) is 4.59. The van der Waals surface area contributed by atoms with Crippen molar-refractivity contribution in [3.8, 4) is 0 Å². The molecule has 0 radical (unpaired) electrons. The minimum Gasteiger partial charge on any atom is -0.348 e. The number of nitrogens with one attached hydrogen (secondary N) is 2. The van der Waals surface area contributed by atoms with E-state index in [1.165, 1.54) is 12.0 Å². The van der Waals surface area contributed by atoms with Gasteiger partial charge < -0.3 is 10.6 Å². The van der Waals surface area contributed by atoms with Gasteiger partial charge in [0, 0.05) is 0 Å². The summed E-state index contributed by atoms with van der Waals surface area (Å²) < 4.78 is 0. The first-order chi connectivity index (χ1) is 9.08. The van der Waals surface area contributed by atoms with Crippen molar-refractivity contribution < 1.29 is 4.79 Å². The maximum Gasteiger partial charge on any atom is 0.237 e. The van der Waals surface area contributed by atoms with Gasteiger partial charge in [0.2, 0.25) is 5.91 Å². The molecule has 0 aromatic heterocycles. The Balaban J connectivity index is 1.96. The van der Waals surface area contributed by atoms with Crippen LogP contribution in [0, 0.1) is 12.8 Å². The Bertz CT molecular complexity index is 427. The summed E-state index contributed by atoms with van der Waals surface area (Å²) in [4.78, 5) is 12.3. The third kappa shape index (κ3) is 3.57. The van der Waals surface area contributed by atoms with Gasteiger partial charge >= 0.3 is 0 Å². The first-order valence-corrected chi connectivity index (χ1v) is 7.18. The Labute approximate surface area is 115 Å². The van der Waals surface area contributed by atoms with Gasteiger partial charge in [0.1, 0.15) is 0 Å². The summed E-state index contributed by atoms with van der Waals surface area (Å²) in [6, 6.07) is 8.35. The molecule has 1 fully saturated rings. The first kappa shape index (κ1) is 14.1. The standard InChI is InChI=1S/C16H24N2O/c1-11-6-8-14(9-7-11)13(3)18-16(19)15-12(2)5-4-10-17-15/h6-9,12-13,15,17H,4-5,10H2,1-3H3,(H,18,19). The van der Waals surface area contributed by atoms with Crippen LogP contribution in [-0.4, -0.2) is 18.5 Å². The van der Waals surface area contributed by atoms with Gasteiger partial charge in [-0.25, -0.2) is 0 Å². The molecule has 0 spiro atoms. The largest absolute Gasteiger partial charge is 0.348 e. The Morgan fingerprint density at radius 2 is 2.05 bits per heavy atom. The third-order valence-corrected chi connectivity index (χ3v) is 3.99. The van der Waals surface area contributed by atoms with E-state index in [1.54, 1.807) is 0 Å². The first-order valence-electron chi connectivity index (χ1n) is 7.18. The number of amides is 1. The van der Waals surface area contributed by atoms with Gasteiger partial charge in [0.05, 0.1) is 12.1 Å². The fourth-order valence-electron chi connectivity index (χ4n) is 2.64. The van der Waals surface area contributed by atoms with Crippen LogP contribution >= 0.6 is 0 Å². The minimum atomic E-state index is -0.0401. The van der Waals surface area contributed by atoms with Crippen LogP contribution in [0.3, 0.4) is 0 Å². The van der Waals surface area contributed by atoms with Crippen molar-refractivity contribution in [2.75, 3.05) is 6.54 Å². The van der Waals surface area contributed by atoms with E-state index in [-0.39, 0.29) is 18.0 Å². The molecule has 3 unspecified atom stereocenters. The van der Waals surface area contributed by atoms with E-state index in [1.807, 2.05) is 6.92 Å². The molecular formula is C16H24N2O. The lowest BCUT2D eigenvalue weighted by atomic mass is 9.92. The number of benzene rings is 1. The quantitative estimate of drug-likeness (QED) is 0.877. The fourth-order valence-corrected chi connectivity index (χ4v) is 2.64. The second-order valence-corrected chi connectivity index (χ2v) is 5.69. The molecule has 0 aliphatic carbocycles. The van der Waals surface area contributed by atoms with Crippen LogP contribution in [0.5, 0.6) is 0 Å². The Morgan fingerprint density at radius 3 is 2.68 bits per heavy atom. The molecule has 1 aliphatic heterocycles. The molecule has 1 aliphatic rings. The van der Waals surface area contributed by atoms with Crippen LogP contribution in [0.25, 0.3) is 0 Å². The van der Waals surface area contributed by atoms with Crippen LogP contribution in [0.4, 0.5) is 0 Å². The van der Waals surface area contributed by atoms with Crippen molar-refractivity contribution in [3.63, 3.8) is 0 Å². The molecule has 1 saturated heterocycles. The molecule has 0 saturated carbocycles. The van der Waals surface area contributed by atoms with Gasteiger partial charge in [-0.3, -0.25) is 4.79 Å². The molecule has 3 atom stereocenters. The smallest absolute Gasteiger partial charge is 0.237 e. The average molecular weight is 260 g/mol. The zero-order valence-corrected chi connectivity index (χ0v) is 12.1. The zero-order valence-electron chi connectivity index (χ0n) is 12.1. The van der Waals surface area contributed by atoms with E-state index in [2.05, 4.69) is 48.7 Å². The number of hydrogen-bond acceptors (Lipinski definition) is 2. The van der Waals surface area contributed by atoms with Gasteiger partial charge in [0.15, 0.2) is 0 Å². The molecule has 3 nitrogen and oxygen atoms in total. The number of rotatable bonds is 3. The summed E-state index contributed by atoms with van der Waals surface area (Å²) in [6.45, 7) is 7.20. The monoisotopic (exact) mass is 260 g/mol. The minimum absolute atomic E-state index is 0.0401. The molecule has 1 amide bonds. The second-order valence-electron chi connectivity index (χ2n) is 5.69. The number of carbonyl (C=O) groups excluding carboxylic acids is 1. The van der Waals surface area contributed by atoms with Crippen molar-refractivity contribution in [3.05, 3.63) is 35.4 Å². The molecule has 104 valence electrons. The van der Waals surface area contributed by atoms with Crippen LogP contribution in [0.15, 0.2) is 24.3 Å². The topological polar surface area (TPSA) is 41.1 Å². The van der Waals surface area contributed by atoms with Crippen LogP contribution in [-0.2, 0) is 4.79 Å². The lowest BCUT2D eigenvalue weighted by molar-refractivity contribution is -0.125. The Hall–Kier alpha value is -1.35. The van der Waals surface area contributed by atoms with E-state index in [0.29, 0.717) is 5.92 Å². The molecule has 2 N–H and O–H groups in total. The number of carbonyl (C=O) groups is 1. The number of piperidine rings is 1. The molecular weight excluding hydrogens is 236 g/mol. The van der Waals surface area contributed by atoms with Gasteiger partial charge in [-0.05, 0) is 44.7 Å². The van der Waals surface area contributed by atoms with Crippen molar-refractivity contribution >= 4 is 5.91 Å². The Morgan fingerprint density at radius 1 is 1.37 bits per heavy atom. The summed E-state index contributed by atoms with van der Waals surface area (Å²) in [5.41, 5.74) is 2.40. The van der Waals surface area contributed by atoms with Crippen LogP contribution in [0.1, 0.15) is 43.9 Å². The van der Waals surface area contributed by atoms with E-state index in [0.717, 1.165) is 18.5 Å². The predicted molar refractivity (Wildman–Crippen MR) is 77.9 cm³/mol. The summed E-state index contributed by atoms with van der Waals surface area (Å²) in [7, 11) is 0. The van der Waals surface area contributed by atoms with Crippen LogP contribution < -0.4 is 10.6 Å². The van der Waals surface area contributed by atoms with Gasteiger partial charge in [-0.1, -0.05) is 36.8 Å². The van der Waals surface area contributed by atoms with Gasteiger partial charge in [-0.2, -0.15) is 0 Å². The average Bonchev–Trinajstić information content (AvgIpc) is 2.39. The van der Waals surface area contributed by atoms with Gasteiger partial charge in [0.25, 0.3) is 0 Å². The maximum atomic E-state index is 12.3. The number of hydrogen-bond donors (Lipinski definition) is 2. The van der Waals surface area contributed by atoms with E-state index < -0.39 is 0 Å². The SMILES string of the molecule is Cc1ccc(C(C)NC(=O)C2NCCCC2C)cc1. The fraction of sp³-hybridized carbons (Fsp3) is 0.562. The molecule has 1 aromatic carbocycles. The normalized spacial score (nSPS) is 24.8. The van der Waals surface area contributed by atoms with Crippen molar-refractivity contribution in [2.24, 2.45) is 5.92 Å². The third-order valence-electron chi connectivity index (χ3n) is 3.99. The lowest BCUT2D eigenvalue weighted by Gasteiger charge is -2.30. The van der Waals surface area contributed by atoms with Crippen molar-refractivity contribution in [1.82, 2.24) is 10.6 Å². The summed E-state index contributed by atoms with van der Waals surface area (Å²) in [6.07, 6.45) is 2.29. The van der Waals surface area contributed by atoms with E-state index in [4.69, 9.17) is 0 Å². The second kappa shape index (κ2) is 6.20. The molecule has 2 rings (SSSR count). The molecule has 19 heavy (non-hydrogen) atoms. The van der Waals surface area contributed by atoms with Crippen LogP contribution in [0.2, 0.25) is 0 Å². The molecule has 0 bridgehead atoms. The van der Waals surface area contributed by atoms with E-state index >= 15 is 0 Å². The highest BCUT2D eigenvalue weighted by molar-refractivity contribution is 5.82. The highest BCUT2D eigenvalue weighted by Crippen LogP contribution is 2.18. The summed E-state index contributed by atoms with van der Waals surface area (Å²) in [5, 5.41) is 6.44. The van der Waals surface area contributed by atoms with Crippen molar-refractivity contribution in [2.45, 2.75) is 45.7 Å². The van der Waals surface area contributed by atoms with Crippen molar-refractivity contribution in [1.29, 1.82) is 0 Å². The highest BCUT2D eigenvalue weighted by atomic mass is 16.2. The molecule has 1 heterocycles. The molecule has 3 heteroatoms. The number of aryl methyl sites for hydroxylation is 1. The zero-order chi connectivity index (χ0) is 13.8.